The van der Waals surface area contributed by atoms with E-state index in [0.29, 0.717) is 6.42 Å². The second-order valence-electron chi connectivity index (χ2n) is 6.35. The van der Waals surface area contributed by atoms with Crippen LogP contribution in [0.1, 0.15) is 31.0 Å². The van der Waals surface area contributed by atoms with Gasteiger partial charge in [0, 0.05) is 23.7 Å². The summed E-state index contributed by atoms with van der Waals surface area (Å²) in [4.78, 5) is 8.57. The number of rotatable bonds is 1. The number of allylic oxidation sites excluding steroid dienone is 5. The van der Waals surface area contributed by atoms with Gasteiger partial charge in [-0.1, -0.05) is 18.2 Å². The predicted octanol–water partition coefficient (Wildman–Crippen LogP) is 4.20. The van der Waals surface area contributed by atoms with E-state index in [-0.39, 0.29) is 0 Å². The molecule has 0 amide bonds. The zero-order valence-corrected chi connectivity index (χ0v) is 13.7. The fourth-order valence-electron chi connectivity index (χ4n) is 4.38. The van der Waals surface area contributed by atoms with Gasteiger partial charge in [0.25, 0.3) is 0 Å². The highest BCUT2D eigenvalue weighted by Gasteiger charge is 2.61. The first-order valence-electron chi connectivity index (χ1n) is 7.73. The maximum absolute atomic E-state index is 16.2. The monoisotopic (exact) mass is 314 g/mol. The van der Waals surface area contributed by atoms with E-state index < -0.39 is 10.4 Å². The third kappa shape index (κ3) is 1.62. The van der Waals surface area contributed by atoms with Crippen molar-refractivity contribution in [2.75, 3.05) is 6.26 Å². The Kier molecular flexibility index (Phi) is 3.09. The first-order chi connectivity index (χ1) is 10.6. The van der Waals surface area contributed by atoms with Gasteiger partial charge in [0.1, 0.15) is 6.33 Å². The van der Waals surface area contributed by atoms with Crippen LogP contribution in [0.15, 0.2) is 47.5 Å². The quantitative estimate of drug-likeness (QED) is 0.777. The molecule has 0 saturated carbocycles. The van der Waals surface area contributed by atoms with Gasteiger partial charge in [-0.15, -0.1) is 11.8 Å². The van der Waals surface area contributed by atoms with Gasteiger partial charge in [0.15, 0.2) is 5.00 Å². The van der Waals surface area contributed by atoms with Gasteiger partial charge in [-0.2, -0.15) is 0 Å². The van der Waals surface area contributed by atoms with Gasteiger partial charge in [-0.3, -0.25) is 0 Å². The molecule has 0 fully saturated rings. The van der Waals surface area contributed by atoms with Crippen LogP contribution in [0, 0.1) is 5.41 Å². The molecule has 0 N–H and O–H groups in total. The van der Waals surface area contributed by atoms with Crippen molar-refractivity contribution in [3.63, 3.8) is 0 Å². The Hall–Kier alpha value is -1.42. The van der Waals surface area contributed by atoms with Gasteiger partial charge in [-0.05, 0) is 54.7 Å². The minimum atomic E-state index is -1.34. The predicted molar refractivity (Wildman–Crippen MR) is 88.4 cm³/mol. The average molecular weight is 314 g/mol. The highest BCUT2D eigenvalue weighted by Crippen LogP contribution is 2.65. The van der Waals surface area contributed by atoms with E-state index in [0.717, 1.165) is 36.1 Å². The van der Waals surface area contributed by atoms with E-state index in [1.54, 1.807) is 6.33 Å². The van der Waals surface area contributed by atoms with Crippen molar-refractivity contribution in [3.05, 3.63) is 58.7 Å². The van der Waals surface area contributed by atoms with Crippen LogP contribution in [0.25, 0.3) is 0 Å². The van der Waals surface area contributed by atoms with Crippen LogP contribution in [0.2, 0.25) is 0 Å². The number of aromatic nitrogens is 2. The van der Waals surface area contributed by atoms with Crippen molar-refractivity contribution in [1.29, 1.82) is 0 Å². The molecular formula is C18H19FN2S. The molecule has 1 unspecified atom stereocenters. The summed E-state index contributed by atoms with van der Waals surface area (Å²) >= 11 is 1.35. The minimum Gasteiger partial charge on any atom is -0.245 e. The van der Waals surface area contributed by atoms with Crippen LogP contribution in [-0.2, 0) is 12.8 Å². The second kappa shape index (κ2) is 4.79. The van der Waals surface area contributed by atoms with Crippen LogP contribution < -0.4 is 0 Å². The van der Waals surface area contributed by atoms with Gasteiger partial charge in [-0.25, -0.2) is 14.4 Å². The fourth-order valence-corrected chi connectivity index (χ4v) is 5.47. The lowest BCUT2D eigenvalue weighted by Crippen LogP contribution is -2.45. The zero-order chi connectivity index (χ0) is 15.4. The summed E-state index contributed by atoms with van der Waals surface area (Å²) in [5, 5.41) is -1.34. The molecule has 0 saturated heterocycles. The molecule has 0 aromatic carbocycles. The molecule has 1 aromatic heterocycles. The molecule has 22 heavy (non-hydrogen) atoms. The third-order valence-electron chi connectivity index (χ3n) is 5.50. The topological polar surface area (TPSA) is 25.8 Å². The van der Waals surface area contributed by atoms with Crippen molar-refractivity contribution >= 4 is 11.8 Å². The summed E-state index contributed by atoms with van der Waals surface area (Å²) in [6.45, 7) is 1.96. The van der Waals surface area contributed by atoms with Crippen LogP contribution >= 0.6 is 11.8 Å². The first kappa shape index (κ1) is 14.2. The maximum Gasteiger partial charge on any atom is 0.187 e. The summed E-state index contributed by atoms with van der Waals surface area (Å²) < 4.78 is 16.2. The third-order valence-corrected chi connectivity index (χ3v) is 6.76. The van der Waals surface area contributed by atoms with E-state index in [1.807, 2.05) is 19.4 Å². The Morgan fingerprint density at radius 2 is 2.23 bits per heavy atom. The summed E-state index contributed by atoms with van der Waals surface area (Å²) in [5.41, 5.74) is 4.91. The SMILES string of the molecule is CSC1(F)C(C)=C2C=CCC=C2[C@]12CCc1cncnc1C2. The molecule has 4 rings (SSSR count). The van der Waals surface area contributed by atoms with Crippen LogP contribution in [0.4, 0.5) is 4.39 Å². The van der Waals surface area contributed by atoms with Gasteiger partial charge in [0.2, 0.25) is 0 Å². The Bertz CT molecular complexity index is 736. The summed E-state index contributed by atoms with van der Waals surface area (Å²) in [5.74, 6) is 0. The molecule has 3 aliphatic carbocycles. The number of hydrogen-bond donors (Lipinski definition) is 0. The normalized spacial score (nSPS) is 33.0. The zero-order valence-electron chi connectivity index (χ0n) is 12.9. The van der Waals surface area contributed by atoms with E-state index in [9.17, 15) is 0 Å². The molecule has 1 heterocycles. The smallest absolute Gasteiger partial charge is 0.187 e. The number of nitrogens with zero attached hydrogens (tertiary/aromatic N) is 2. The lowest BCUT2D eigenvalue weighted by molar-refractivity contribution is 0.136. The van der Waals surface area contributed by atoms with Crippen molar-refractivity contribution in [3.8, 4) is 0 Å². The number of fused-ring (bicyclic) bond motifs is 3. The molecule has 0 bridgehead atoms. The molecule has 0 aliphatic heterocycles. The van der Waals surface area contributed by atoms with Crippen molar-refractivity contribution in [1.82, 2.24) is 9.97 Å². The van der Waals surface area contributed by atoms with Crippen molar-refractivity contribution in [2.24, 2.45) is 5.41 Å². The summed E-state index contributed by atoms with van der Waals surface area (Å²) in [6.07, 6.45) is 15.1. The summed E-state index contributed by atoms with van der Waals surface area (Å²) in [6, 6.07) is 0. The van der Waals surface area contributed by atoms with E-state index in [1.165, 1.54) is 22.9 Å². The van der Waals surface area contributed by atoms with Gasteiger partial charge < -0.3 is 0 Å². The lowest BCUT2D eigenvalue weighted by Gasteiger charge is -2.44. The lowest BCUT2D eigenvalue weighted by atomic mass is 9.66. The summed E-state index contributed by atoms with van der Waals surface area (Å²) in [7, 11) is 0. The number of halogens is 1. The number of alkyl halides is 1. The molecule has 4 heteroatoms. The molecule has 2 atom stereocenters. The molecule has 2 nitrogen and oxygen atoms in total. The highest BCUT2D eigenvalue weighted by atomic mass is 32.2. The Morgan fingerprint density at radius 1 is 1.36 bits per heavy atom. The van der Waals surface area contributed by atoms with E-state index in [2.05, 4.69) is 28.2 Å². The van der Waals surface area contributed by atoms with Gasteiger partial charge >= 0.3 is 0 Å². The number of thioether (sulfide) groups is 1. The molecular weight excluding hydrogens is 295 g/mol. The number of aryl methyl sites for hydroxylation is 1. The Morgan fingerprint density at radius 3 is 3.05 bits per heavy atom. The van der Waals surface area contributed by atoms with E-state index in [4.69, 9.17) is 0 Å². The van der Waals surface area contributed by atoms with Gasteiger partial charge in [0.05, 0.1) is 0 Å². The second-order valence-corrected chi connectivity index (χ2v) is 7.32. The molecule has 1 aromatic rings. The standard InChI is InChI=1S/C18H19FN2S/c1-12-14-5-3-4-6-15(14)17(18(12,19)22-2)8-7-13-10-20-11-21-16(13)9-17/h3,5-6,10-11H,4,7-9H2,1-2H3/t17-,18?/m1/s1. The molecule has 1 spiro atoms. The van der Waals surface area contributed by atoms with E-state index >= 15 is 4.39 Å². The fraction of sp³-hybridized carbons (Fsp3) is 0.444. The maximum atomic E-state index is 16.2. The highest BCUT2D eigenvalue weighted by molar-refractivity contribution is 8.00. The van der Waals surface area contributed by atoms with Crippen LogP contribution in [0.3, 0.4) is 0 Å². The van der Waals surface area contributed by atoms with Crippen molar-refractivity contribution in [2.45, 2.75) is 37.6 Å². The molecule has 114 valence electrons. The number of hydrogen-bond acceptors (Lipinski definition) is 3. The Labute approximate surface area is 134 Å². The minimum absolute atomic E-state index is 0.474. The average Bonchev–Trinajstić information content (AvgIpc) is 2.75. The molecule has 3 aliphatic rings. The largest absolute Gasteiger partial charge is 0.245 e. The molecule has 0 radical (unpaired) electrons. The van der Waals surface area contributed by atoms with Crippen molar-refractivity contribution < 1.29 is 4.39 Å². The Balaban J connectivity index is 1.90. The first-order valence-corrected chi connectivity index (χ1v) is 8.95. The van der Waals surface area contributed by atoms with Crippen LogP contribution in [-0.4, -0.2) is 21.2 Å². The van der Waals surface area contributed by atoms with Crippen LogP contribution in [0.5, 0.6) is 0 Å².